The number of hydrogen-bond donors (Lipinski definition) is 4. The molecule has 5 aliphatic rings. The van der Waals surface area contributed by atoms with E-state index in [1.165, 1.54) is 6.07 Å². The molecule has 9 rings (SSSR count). The van der Waals surface area contributed by atoms with Gasteiger partial charge in [0.15, 0.2) is 0 Å². The Hall–Kier alpha value is -5.84. The number of aliphatic hydroxyl groups is 1. The van der Waals surface area contributed by atoms with Crippen LogP contribution in [-0.2, 0) is 26.9 Å². The second kappa shape index (κ2) is 21.3. The van der Waals surface area contributed by atoms with Gasteiger partial charge in [0.2, 0.25) is 11.8 Å². The quantitative estimate of drug-likeness (QED) is 0.0875. The van der Waals surface area contributed by atoms with Crippen LogP contribution in [0.25, 0.3) is 10.4 Å². The highest BCUT2D eigenvalue weighted by Gasteiger charge is 2.64. The first-order chi connectivity index (χ1) is 35.5. The van der Waals surface area contributed by atoms with Crippen LogP contribution in [0.3, 0.4) is 0 Å². The zero-order valence-electron chi connectivity index (χ0n) is 43.8. The number of carbonyl (C=O) groups excluding carboxylic acids is 3. The van der Waals surface area contributed by atoms with Gasteiger partial charge in [0.25, 0.3) is 5.91 Å². The molecule has 0 radical (unpaired) electrons. The first-order valence-electron chi connectivity index (χ1n) is 26.0. The molecule has 3 aromatic carbocycles. The number of piperazine rings is 1. The number of nitriles is 1. The Balaban J connectivity index is 0.713. The largest absolute Gasteiger partial charge is 0.489 e. The normalized spacial score (nSPS) is 24.7. The van der Waals surface area contributed by atoms with Crippen LogP contribution in [-0.4, -0.2) is 132 Å². The van der Waals surface area contributed by atoms with E-state index in [-0.39, 0.29) is 54.4 Å². The van der Waals surface area contributed by atoms with Crippen LogP contribution < -0.4 is 20.7 Å². The van der Waals surface area contributed by atoms with Crippen molar-refractivity contribution < 1.29 is 42.1 Å². The number of nitrogens with one attached hydrogen (secondary N) is 3. The number of amides is 3. The lowest BCUT2D eigenvalue weighted by Crippen LogP contribution is -2.74. The van der Waals surface area contributed by atoms with Crippen LogP contribution in [0.15, 0.2) is 84.0 Å². The van der Waals surface area contributed by atoms with Crippen molar-refractivity contribution in [2.24, 2.45) is 22.2 Å². The van der Waals surface area contributed by atoms with E-state index in [1.807, 2.05) is 90.4 Å². The van der Waals surface area contributed by atoms with Crippen LogP contribution in [0, 0.1) is 40.4 Å². The Morgan fingerprint density at radius 2 is 1.65 bits per heavy atom. The fraction of sp³-hybridized carbons (Fsp3) is 0.526. The summed E-state index contributed by atoms with van der Waals surface area (Å²) < 4.78 is 52.6. The molecule has 4 atom stereocenters. The number of nitrogens with zero attached hydrogens (tertiary/aromatic N) is 5. The van der Waals surface area contributed by atoms with Crippen LogP contribution in [0.1, 0.15) is 98.7 Å². The first kappa shape index (κ1) is 54.0. The molecule has 14 nitrogen and oxygen atoms in total. The minimum absolute atomic E-state index is 0.0191. The van der Waals surface area contributed by atoms with Gasteiger partial charge in [-0.1, -0.05) is 84.0 Å². The van der Waals surface area contributed by atoms with Crippen molar-refractivity contribution in [2.75, 3.05) is 59.0 Å². The fourth-order valence-corrected chi connectivity index (χ4v) is 13.1. The number of likely N-dealkylation sites (tertiary alicyclic amines) is 1. The smallest absolute Gasteiger partial charge is 0.417 e. The van der Waals surface area contributed by atoms with E-state index >= 15 is 0 Å². The maximum atomic E-state index is 14.4. The number of hydrogen-bond acceptors (Lipinski definition) is 12. The minimum Gasteiger partial charge on any atom is -0.489 e. The summed E-state index contributed by atoms with van der Waals surface area (Å²) in [5.41, 5.74) is 4.22. The zero-order chi connectivity index (χ0) is 53.6. The summed E-state index contributed by atoms with van der Waals surface area (Å²) >= 11 is 1.59. The van der Waals surface area contributed by atoms with Crippen LogP contribution in [0.4, 0.5) is 13.2 Å². The highest BCUT2D eigenvalue weighted by Crippen LogP contribution is 2.56. The predicted octanol–water partition coefficient (Wildman–Crippen LogP) is 7.52. The van der Waals surface area contributed by atoms with E-state index in [1.54, 1.807) is 22.3 Å². The van der Waals surface area contributed by atoms with Crippen LogP contribution in [0.5, 0.6) is 5.75 Å². The lowest BCUT2D eigenvalue weighted by molar-refractivity contribution is -0.164. The van der Waals surface area contributed by atoms with Gasteiger partial charge < -0.3 is 40.3 Å². The molecule has 0 unspecified atom stereocenters. The molecule has 1 saturated carbocycles. The van der Waals surface area contributed by atoms with Gasteiger partial charge in [-0.25, -0.2) is 4.98 Å². The summed E-state index contributed by atoms with van der Waals surface area (Å²) in [6.45, 7) is 20.1. The molecule has 1 aliphatic carbocycles. The molecule has 3 saturated heterocycles. The predicted molar refractivity (Wildman–Crippen MR) is 279 cm³/mol. The molecular formula is C57H69F3N8O6S. The number of aromatic nitrogens is 1. The Labute approximate surface area is 441 Å². The van der Waals surface area contributed by atoms with Crippen molar-refractivity contribution in [3.63, 3.8) is 0 Å². The van der Waals surface area contributed by atoms with Crippen molar-refractivity contribution in [1.29, 1.82) is 5.26 Å². The molecule has 4 aliphatic heterocycles. The average molecular weight is 1050 g/mol. The molecule has 4 N–H and O–H groups in total. The van der Waals surface area contributed by atoms with Gasteiger partial charge >= 0.3 is 6.18 Å². The number of rotatable bonds is 16. The summed E-state index contributed by atoms with van der Waals surface area (Å²) in [5, 5.41) is 30.0. The summed E-state index contributed by atoms with van der Waals surface area (Å²) in [5.74, 6) is -0.591. The highest BCUT2D eigenvalue weighted by molar-refractivity contribution is 7.13. The van der Waals surface area contributed by atoms with Crippen molar-refractivity contribution in [1.82, 2.24) is 35.6 Å². The van der Waals surface area contributed by atoms with Crippen LogP contribution >= 0.6 is 11.3 Å². The number of ether oxygens (including phenoxy) is 2. The third-order valence-corrected chi connectivity index (χ3v) is 17.2. The number of halogens is 3. The second-order valence-electron chi connectivity index (χ2n) is 22.9. The monoisotopic (exact) mass is 1050 g/mol. The van der Waals surface area contributed by atoms with Crippen molar-refractivity contribution in [3.8, 4) is 22.3 Å². The number of aryl methyl sites for hydroxylation is 2. The zero-order valence-corrected chi connectivity index (χ0v) is 44.6. The maximum absolute atomic E-state index is 14.4. The van der Waals surface area contributed by atoms with Gasteiger partial charge in [-0.15, -0.1) is 11.3 Å². The molecular weight excluding hydrogens is 982 g/mol. The van der Waals surface area contributed by atoms with Gasteiger partial charge in [0.1, 0.15) is 23.9 Å². The summed E-state index contributed by atoms with van der Waals surface area (Å²) in [7, 11) is 0. The summed E-state index contributed by atoms with van der Waals surface area (Å²) in [6, 6.07) is 18.8. The Morgan fingerprint density at radius 3 is 2.27 bits per heavy atom. The van der Waals surface area contributed by atoms with Crippen LogP contribution in [0.2, 0.25) is 0 Å². The van der Waals surface area contributed by atoms with E-state index in [9.17, 15) is 37.9 Å². The topological polar surface area (TPSA) is 172 Å². The Kier molecular flexibility index (Phi) is 15.3. The molecule has 0 bridgehead atoms. The van der Waals surface area contributed by atoms with E-state index in [0.29, 0.717) is 25.3 Å². The van der Waals surface area contributed by atoms with Gasteiger partial charge in [-0.3, -0.25) is 19.3 Å². The Morgan fingerprint density at radius 1 is 0.973 bits per heavy atom. The fourth-order valence-electron chi connectivity index (χ4n) is 12.3. The van der Waals surface area contributed by atoms with Crippen molar-refractivity contribution in [2.45, 2.75) is 110 Å². The molecule has 75 heavy (non-hydrogen) atoms. The van der Waals surface area contributed by atoms with E-state index in [4.69, 9.17) is 9.47 Å². The number of β-amino-alcohol motifs (C(OH)–C–C–N with tert-alkyl or cyclic N) is 1. The first-order valence-corrected chi connectivity index (χ1v) is 26.9. The third-order valence-electron chi connectivity index (χ3n) is 16.2. The summed E-state index contributed by atoms with van der Waals surface area (Å²) in [6.07, 6.45) is -1.90. The summed E-state index contributed by atoms with van der Waals surface area (Å²) in [4.78, 5) is 54.0. The number of alkyl halides is 3. The molecule has 1 aromatic heterocycles. The van der Waals surface area contributed by atoms with Gasteiger partial charge in [-0.2, -0.15) is 18.4 Å². The molecule has 5 heterocycles. The number of benzene rings is 3. The highest BCUT2D eigenvalue weighted by atomic mass is 32.1. The maximum Gasteiger partial charge on any atom is 0.417 e. The Bertz CT molecular complexity index is 2800. The minimum atomic E-state index is -4.70. The second-order valence-corrected chi connectivity index (χ2v) is 23.8. The third kappa shape index (κ3) is 11.3. The molecule has 400 valence electrons. The molecule has 4 aromatic rings. The molecule has 4 fully saturated rings. The number of aliphatic hydroxyl groups excluding tert-OH is 1. The molecule has 3 amide bonds. The lowest BCUT2D eigenvalue weighted by Gasteiger charge is -2.63. The standard InChI is InChI=1S/C57H69F3N8O6S/c1-34-47(75-33-62-34)37-16-14-36(15-17-37)46(40-31-73-32-40)64-50(71)45-25-42(69)30-68(45)51(72)48-54(2,3)27-41(63-48)29-67-23-21-66(22-24-67)20-8-9-35-10-12-38(13-11-35)49(70)65-52-55(4,5)53(56(52,6)7)74-43-19-18-39(28-61)44(26-43)57(58,59)60/h10-19,26-27,33,40,42,45-46,48,52-53,63,69H,8-9,20-25,29-32H2,1-7H3,(H,64,71)(H,65,70)/t42-,45+,46-,48-,52-,53-/m1/s1. The van der Waals surface area contributed by atoms with Gasteiger partial charge in [0.05, 0.1) is 58.6 Å². The lowest BCUT2D eigenvalue weighted by atomic mass is 9.49. The van der Waals surface area contributed by atoms with E-state index in [2.05, 4.69) is 48.9 Å². The van der Waals surface area contributed by atoms with E-state index < -0.39 is 57.8 Å². The molecule has 0 spiro atoms. The SMILES string of the molecule is Cc1ncsc1-c1ccc([C@@H](NC(=O)[C@@H]2C[C@@H](O)CN2C(=O)[C@H]2NC(CN3CCN(CCCc4ccc(C(=O)N[C@H]5C(C)(C)[C@H](Oc6ccc(C#N)c(C(F)(F)F)c6)C5(C)C)cc4)CC3)=CC2(C)C)C2COC2)cc1. The molecule has 18 heteroatoms. The average Bonchev–Trinajstić information content (AvgIpc) is 4.09. The number of carbonyl (C=O) groups is 3. The number of thiazole rings is 1. The van der Waals surface area contributed by atoms with E-state index in [0.717, 1.165) is 90.7 Å². The van der Waals surface area contributed by atoms with Gasteiger partial charge in [-0.05, 0) is 73.3 Å². The van der Waals surface area contributed by atoms with Gasteiger partial charge in [0, 0.05) is 85.2 Å². The van der Waals surface area contributed by atoms with Crippen molar-refractivity contribution in [3.05, 3.63) is 118 Å². The van der Waals surface area contributed by atoms with Crippen molar-refractivity contribution >= 4 is 29.1 Å².